The van der Waals surface area contributed by atoms with Crippen LogP contribution in [0.2, 0.25) is 0 Å². The number of benzene rings is 2. The summed E-state index contributed by atoms with van der Waals surface area (Å²) in [5.41, 5.74) is 2.93. The lowest BCUT2D eigenvalue weighted by Crippen LogP contribution is -2.48. The second-order valence-electron chi connectivity index (χ2n) is 14.3. The van der Waals surface area contributed by atoms with Crippen LogP contribution < -0.4 is 14.5 Å². The van der Waals surface area contributed by atoms with Crippen LogP contribution in [0, 0.1) is 0 Å². The van der Waals surface area contributed by atoms with Gasteiger partial charge in [0.15, 0.2) is 6.23 Å². The van der Waals surface area contributed by atoms with Gasteiger partial charge in [-0.1, -0.05) is 77.8 Å². The number of hydrogen-bond acceptors (Lipinski definition) is 7. The number of rotatable bonds is 18. The highest BCUT2D eigenvalue weighted by molar-refractivity contribution is 7.17. The maximum Gasteiger partial charge on any atom is 0.307 e. The predicted octanol–water partition coefficient (Wildman–Crippen LogP) is 9.32. The number of piperazine rings is 1. The number of esters is 1. The van der Waals surface area contributed by atoms with Gasteiger partial charge in [-0.15, -0.1) is 11.3 Å². The molecule has 3 aromatic rings. The molecule has 1 saturated heterocycles. The molecule has 2 aliphatic rings. The number of ether oxygens (including phenoxy) is 2. The molecule has 2 aromatic carbocycles. The molecule has 0 N–H and O–H groups in total. The Morgan fingerprint density at radius 1 is 0.896 bits per heavy atom. The van der Waals surface area contributed by atoms with Crippen LogP contribution in [0.25, 0.3) is 10.1 Å². The van der Waals surface area contributed by atoms with E-state index in [1.807, 2.05) is 30.4 Å². The molecule has 0 bridgehead atoms. The summed E-state index contributed by atoms with van der Waals surface area (Å²) in [7, 11) is 0. The normalized spacial score (nSPS) is 17.0. The van der Waals surface area contributed by atoms with E-state index >= 15 is 0 Å². The lowest BCUT2D eigenvalue weighted by Gasteiger charge is -2.41. The minimum atomic E-state index is -0.664. The molecule has 3 heterocycles. The Morgan fingerprint density at radius 2 is 1.65 bits per heavy atom. The molecule has 5 rings (SSSR count). The highest BCUT2D eigenvalue weighted by Crippen LogP contribution is 2.43. The van der Waals surface area contributed by atoms with Crippen LogP contribution in [0.1, 0.15) is 110 Å². The summed E-state index contributed by atoms with van der Waals surface area (Å²) >= 11 is 1.81. The van der Waals surface area contributed by atoms with Crippen LogP contribution in [-0.4, -0.2) is 62.3 Å². The molecule has 2 aliphatic heterocycles. The third kappa shape index (κ3) is 9.53. The second kappa shape index (κ2) is 17.5. The van der Waals surface area contributed by atoms with Gasteiger partial charge in [0.25, 0.3) is 0 Å². The fraction of sp³-hybridized carbons (Fsp3) is 0.600. The fourth-order valence-corrected chi connectivity index (χ4v) is 8.07. The molecule has 7 nitrogen and oxygen atoms in total. The van der Waals surface area contributed by atoms with Crippen molar-refractivity contribution < 1.29 is 19.1 Å². The predicted molar refractivity (Wildman–Crippen MR) is 200 cm³/mol. The molecule has 1 unspecified atom stereocenters. The van der Waals surface area contributed by atoms with E-state index in [1.54, 1.807) is 4.90 Å². The highest BCUT2D eigenvalue weighted by Gasteiger charge is 2.39. The molecule has 48 heavy (non-hydrogen) atoms. The maximum atomic E-state index is 13.4. The first kappa shape index (κ1) is 36.2. The minimum Gasteiger partial charge on any atom is -0.494 e. The zero-order valence-electron chi connectivity index (χ0n) is 29.8. The number of carbonyl (C=O) groups excluding carboxylic acids is 2. The number of thiophene rings is 1. The van der Waals surface area contributed by atoms with E-state index < -0.39 is 6.23 Å². The zero-order valence-corrected chi connectivity index (χ0v) is 30.6. The second-order valence-corrected chi connectivity index (χ2v) is 15.3. The first-order valence-electron chi connectivity index (χ1n) is 18.5. The van der Waals surface area contributed by atoms with Crippen molar-refractivity contribution in [3.05, 3.63) is 53.4 Å². The quantitative estimate of drug-likeness (QED) is 0.0990. The van der Waals surface area contributed by atoms with Crippen LogP contribution in [0.4, 0.5) is 11.4 Å². The third-order valence-corrected chi connectivity index (χ3v) is 10.9. The molecule has 1 amide bonds. The molecule has 262 valence electrons. The molecule has 1 aromatic heterocycles. The van der Waals surface area contributed by atoms with Crippen molar-refractivity contribution in [2.75, 3.05) is 49.1 Å². The SMILES string of the molecule is CCCCCCCCCCC(=O)OC(C)N1C(=O)CC(C)(C)c2ccc(OCCCCN3CCN(c4cccc5sccc45)CC3)cc21. The summed E-state index contributed by atoms with van der Waals surface area (Å²) in [5.74, 6) is 0.489. The van der Waals surface area contributed by atoms with E-state index in [4.69, 9.17) is 9.47 Å². The van der Waals surface area contributed by atoms with Crippen molar-refractivity contribution >= 4 is 44.7 Å². The van der Waals surface area contributed by atoms with Gasteiger partial charge in [0.05, 0.1) is 12.3 Å². The van der Waals surface area contributed by atoms with Crippen LogP contribution in [-0.2, 0) is 19.7 Å². The number of hydrogen-bond donors (Lipinski definition) is 0. The molecule has 0 spiro atoms. The average molecular weight is 676 g/mol. The fourth-order valence-electron chi connectivity index (χ4n) is 7.26. The van der Waals surface area contributed by atoms with Crippen molar-refractivity contribution in [3.63, 3.8) is 0 Å². The number of nitrogens with zero attached hydrogens (tertiary/aromatic N) is 3. The summed E-state index contributed by atoms with van der Waals surface area (Å²) in [4.78, 5) is 32.9. The Hall–Kier alpha value is -3.10. The van der Waals surface area contributed by atoms with Crippen molar-refractivity contribution in [1.82, 2.24) is 4.90 Å². The number of fused-ring (bicyclic) bond motifs is 2. The van der Waals surface area contributed by atoms with E-state index in [0.717, 1.165) is 81.8 Å². The van der Waals surface area contributed by atoms with Gasteiger partial charge in [-0.3, -0.25) is 19.4 Å². The standard InChI is InChI=1S/C40H57N3O4S/c1-5-6-7-8-9-10-11-12-18-39(45)47-31(2)43-36-29-32(19-20-34(36)40(3,4)30-38(43)44)46-27-14-13-22-41-23-25-42(26-24-41)35-16-15-17-37-33(35)21-28-48-37/h15-17,19-21,28-29,31H,5-14,18,22-27,30H2,1-4H3. The Bertz CT molecular complexity index is 1480. The Labute approximate surface area is 292 Å². The van der Waals surface area contributed by atoms with Gasteiger partial charge in [0.2, 0.25) is 5.91 Å². The van der Waals surface area contributed by atoms with Gasteiger partial charge in [-0.05, 0) is 67.9 Å². The molecular weight excluding hydrogens is 619 g/mol. The van der Waals surface area contributed by atoms with Gasteiger partial charge in [0, 0.05) is 66.3 Å². The molecule has 0 aliphatic carbocycles. The van der Waals surface area contributed by atoms with Gasteiger partial charge in [-0.2, -0.15) is 0 Å². The lowest BCUT2D eigenvalue weighted by atomic mass is 9.77. The summed E-state index contributed by atoms with van der Waals surface area (Å²) in [6.45, 7) is 14.2. The Balaban J connectivity index is 1.06. The van der Waals surface area contributed by atoms with E-state index in [0.29, 0.717) is 19.4 Å². The van der Waals surface area contributed by atoms with Crippen LogP contribution in [0.15, 0.2) is 47.8 Å². The number of amides is 1. The highest BCUT2D eigenvalue weighted by atomic mass is 32.1. The smallest absolute Gasteiger partial charge is 0.307 e. The number of unbranched alkanes of at least 4 members (excludes halogenated alkanes) is 8. The number of anilines is 2. The molecule has 0 saturated carbocycles. The van der Waals surface area contributed by atoms with Crippen molar-refractivity contribution in [3.8, 4) is 5.75 Å². The first-order chi connectivity index (χ1) is 23.3. The average Bonchev–Trinajstić information content (AvgIpc) is 3.55. The van der Waals surface area contributed by atoms with Gasteiger partial charge in [0.1, 0.15) is 5.75 Å². The van der Waals surface area contributed by atoms with Crippen molar-refractivity contribution in [2.24, 2.45) is 0 Å². The summed E-state index contributed by atoms with van der Waals surface area (Å²) < 4.78 is 13.4. The molecule has 1 fully saturated rings. The van der Waals surface area contributed by atoms with Crippen LogP contribution in [0.5, 0.6) is 5.75 Å². The van der Waals surface area contributed by atoms with E-state index in [2.05, 4.69) is 66.3 Å². The van der Waals surface area contributed by atoms with Crippen molar-refractivity contribution in [2.45, 2.75) is 116 Å². The van der Waals surface area contributed by atoms with E-state index in [1.165, 1.54) is 47.9 Å². The molecule has 0 radical (unpaired) electrons. The Kier molecular flexibility index (Phi) is 13.2. The van der Waals surface area contributed by atoms with E-state index in [-0.39, 0.29) is 17.3 Å². The van der Waals surface area contributed by atoms with Crippen LogP contribution >= 0.6 is 11.3 Å². The first-order valence-corrected chi connectivity index (χ1v) is 19.4. The number of carbonyl (C=O) groups is 2. The molecule has 8 heteroatoms. The topological polar surface area (TPSA) is 62.3 Å². The summed E-state index contributed by atoms with van der Waals surface area (Å²) in [6.07, 6.45) is 11.6. The summed E-state index contributed by atoms with van der Waals surface area (Å²) in [5, 5.41) is 3.56. The minimum absolute atomic E-state index is 0.0240. The monoisotopic (exact) mass is 675 g/mol. The molecule has 1 atom stereocenters. The van der Waals surface area contributed by atoms with Gasteiger partial charge < -0.3 is 14.4 Å². The molecular formula is C40H57N3O4S. The van der Waals surface area contributed by atoms with Gasteiger partial charge in [-0.25, -0.2) is 0 Å². The van der Waals surface area contributed by atoms with Gasteiger partial charge >= 0.3 is 5.97 Å². The van der Waals surface area contributed by atoms with E-state index in [9.17, 15) is 9.59 Å². The van der Waals surface area contributed by atoms with Crippen molar-refractivity contribution in [1.29, 1.82) is 0 Å². The Morgan fingerprint density at radius 3 is 2.42 bits per heavy atom. The third-order valence-electron chi connectivity index (χ3n) is 10.0. The lowest BCUT2D eigenvalue weighted by molar-refractivity contribution is -0.149. The largest absolute Gasteiger partial charge is 0.494 e. The zero-order chi connectivity index (χ0) is 33.9. The van der Waals surface area contributed by atoms with Crippen LogP contribution in [0.3, 0.4) is 0 Å². The summed E-state index contributed by atoms with van der Waals surface area (Å²) in [6, 6.07) is 14.9. The maximum absolute atomic E-state index is 13.4.